The van der Waals surface area contributed by atoms with E-state index >= 15 is 0 Å². The van der Waals surface area contributed by atoms with Gasteiger partial charge in [0.25, 0.3) is 11.8 Å². The lowest BCUT2D eigenvalue weighted by atomic mass is 10.2. The summed E-state index contributed by atoms with van der Waals surface area (Å²) in [6.45, 7) is 0. The van der Waals surface area contributed by atoms with Gasteiger partial charge in [-0.1, -0.05) is 6.07 Å². The third-order valence-electron chi connectivity index (χ3n) is 3.51. The summed E-state index contributed by atoms with van der Waals surface area (Å²) >= 11 is 0. The third-order valence-corrected chi connectivity index (χ3v) is 3.51. The van der Waals surface area contributed by atoms with Crippen LogP contribution in [0.3, 0.4) is 0 Å². The van der Waals surface area contributed by atoms with Crippen molar-refractivity contribution in [2.75, 3.05) is 4.90 Å². The number of carbonyl (C=O) groups is 3. The number of esters is 1. The van der Waals surface area contributed by atoms with Gasteiger partial charge in [0, 0.05) is 12.2 Å². The number of nitrogens with zero attached hydrogens (tertiary/aromatic N) is 1. The largest absolute Gasteiger partial charge is 0.416 e. The van der Waals surface area contributed by atoms with Crippen molar-refractivity contribution in [3.8, 4) is 5.75 Å². The van der Waals surface area contributed by atoms with Crippen LogP contribution >= 0.6 is 0 Å². The van der Waals surface area contributed by atoms with Gasteiger partial charge in [0.15, 0.2) is 0 Å². The average molecular weight is 383 g/mol. The van der Waals surface area contributed by atoms with E-state index in [1.165, 1.54) is 12.1 Å². The van der Waals surface area contributed by atoms with Crippen LogP contribution in [-0.2, 0) is 9.59 Å². The number of halogens is 5. The summed E-state index contributed by atoms with van der Waals surface area (Å²) in [7, 11) is 0. The van der Waals surface area contributed by atoms with Crippen LogP contribution in [0.5, 0.6) is 5.75 Å². The van der Waals surface area contributed by atoms with Gasteiger partial charge in [-0.05, 0) is 18.2 Å². The maximum atomic E-state index is 13.6. The van der Waals surface area contributed by atoms with Crippen LogP contribution in [-0.4, -0.2) is 17.8 Å². The molecule has 5 nitrogen and oxygen atoms in total. The predicted octanol–water partition coefficient (Wildman–Crippen LogP) is 3.03. The zero-order chi connectivity index (χ0) is 19.9. The molecule has 0 bridgehead atoms. The Labute approximate surface area is 147 Å². The number of imide groups is 1. The van der Waals surface area contributed by atoms with E-state index < -0.39 is 58.2 Å². The second-order valence-electron chi connectivity index (χ2n) is 5.18. The summed E-state index contributed by atoms with van der Waals surface area (Å²) in [6.07, 6.45) is 1.98. The van der Waals surface area contributed by atoms with Crippen LogP contribution in [0.1, 0.15) is 10.4 Å². The lowest BCUT2D eigenvalue weighted by Crippen LogP contribution is -2.29. The van der Waals surface area contributed by atoms with Crippen molar-refractivity contribution in [2.45, 2.75) is 0 Å². The minimum Gasteiger partial charge on any atom is -0.416 e. The zero-order valence-corrected chi connectivity index (χ0v) is 12.9. The standard InChI is InChI=1S/C17H6F5NO4/c18-11-12(19)14(21)16(15(22)13(11)20)27-17(26)7-2-1-3-8(6-7)23-9(24)4-5-10(23)25/h1-6H. The fraction of sp³-hybridized carbons (Fsp3) is 0. The highest BCUT2D eigenvalue weighted by Crippen LogP contribution is 2.30. The number of hydrogen-bond acceptors (Lipinski definition) is 4. The molecule has 27 heavy (non-hydrogen) atoms. The molecule has 0 aliphatic carbocycles. The molecule has 10 heteroatoms. The summed E-state index contributed by atoms with van der Waals surface area (Å²) in [6, 6.07) is 4.59. The van der Waals surface area contributed by atoms with Gasteiger partial charge >= 0.3 is 5.97 Å². The molecule has 0 spiro atoms. The molecule has 2 aromatic rings. The van der Waals surface area contributed by atoms with Crippen LogP contribution in [0.25, 0.3) is 0 Å². The smallest absolute Gasteiger partial charge is 0.343 e. The summed E-state index contributed by atoms with van der Waals surface area (Å²) in [4.78, 5) is 36.0. The highest BCUT2D eigenvalue weighted by atomic mass is 19.2. The second-order valence-corrected chi connectivity index (χ2v) is 5.18. The van der Waals surface area contributed by atoms with Crippen molar-refractivity contribution in [2.24, 2.45) is 0 Å². The Bertz CT molecular complexity index is 987. The molecule has 2 aromatic carbocycles. The van der Waals surface area contributed by atoms with E-state index in [0.717, 1.165) is 24.3 Å². The molecular weight excluding hydrogens is 377 g/mol. The first-order valence-electron chi connectivity index (χ1n) is 7.12. The molecule has 0 N–H and O–H groups in total. The topological polar surface area (TPSA) is 63.7 Å². The van der Waals surface area contributed by atoms with Crippen molar-refractivity contribution in [3.63, 3.8) is 0 Å². The molecule has 0 saturated carbocycles. The van der Waals surface area contributed by atoms with E-state index in [9.17, 15) is 36.3 Å². The monoisotopic (exact) mass is 383 g/mol. The second kappa shape index (κ2) is 6.63. The third kappa shape index (κ3) is 3.05. The Balaban J connectivity index is 1.94. The van der Waals surface area contributed by atoms with Crippen molar-refractivity contribution in [1.29, 1.82) is 0 Å². The highest BCUT2D eigenvalue weighted by molar-refractivity contribution is 6.28. The summed E-state index contributed by atoms with van der Waals surface area (Å²) in [5, 5.41) is 0. The number of rotatable bonds is 3. The number of amides is 2. The fourth-order valence-electron chi connectivity index (χ4n) is 2.25. The molecule has 0 unspecified atom stereocenters. The van der Waals surface area contributed by atoms with Gasteiger partial charge in [-0.2, -0.15) is 8.78 Å². The van der Waals surface area contributed by atoms with Gasteiger partial charge in [-0.3, -0.25) is 9.59 Å². The quantitative estimate of drug-likeness (QED) is 0.204. The Hall–Kier alpha value is -3.56. The van der Waals surface area contributed by atoms with Gasteiger partial charge in [0.05, 0.1) is 11.3 Å². The van der Waals surface area contributed by atoms with E-state index in [0.29, 0.717) is 4.90 Å². The van der Waals surface area contributed by atoms with Gasteiger partial charge in [0.2, 0.25) is 34.8 Å². The molecule has 2 amide bonds. The molecule has 138 valence electrons. The van der Waals surface area contributed by atoms with Crippen LogP contribution in [0.15, 0.2) is 36.4 Å². The highest BCUT2D eigenvalue weighted by Gasteiger charge is 2.30. The first kappa shape index (κ1) is 18.2. The van der Waals surface area contributed by atoms with E-state index in [1.807, 2.05) is 0 Å². The Morgan fingerprint density at radius 3 is 1.89 bits per heavy atom. The minimum absolute atomic E-state index is 0.0538. The van der Waals surface area contributed by atoms with Gasteiger partial charge in [-0.15, -0.1) is 0 Å². The van der Waals surface area contributed by atoms with Gasteiger partial charge < -0.3 is 4.74 Å². The molecule has 0 radical (unpaired) electrons. The van der Waals surface area contributed by atoms with E-state index in [2.05, 4.69) is 4.74 Å². The fourth-order valence-corrected chi connectivity index (χ4v) is 2.25. The Morgan fingerprint density at radius 1 is 0.815 bits per heavy atom. The predicted molar refractivity (Wildman–Crippen MR) is 79.3 cm³/mol. The molecule has 0 atom stereocenters. The molecule has 1 heterocycles. The minimum atomic E-state index is -2.40. The van der Waals surface area contributed by atoms with Crippen LogP contribution in [0, 0.1) is 29.1 Å². The number of carbonyl (C=O) groups excluding carboxylic acids is 3. The molecular formula is C17H6F5NO4. The summed E-state index contributed by atoms with van der Waals surface area (Å²) < 4.78 is 70.9. The Kier molecular flexibility index (Phi) is 4.48. The van der Waals surface area contributed by atoms with Gasteiger partial charge in [-0.25, -0.2) is 22.9 Å². The molecule has 3 rings (SSSR count). The zero-order valence-electron chi connectivity index (χ0n) is 12.9. The van der Waals surface area contributed by atoms with E-state index in [1.54, 1.807) is 0 Å². The van der Waals surface area contributed by atoms with Crippen molar-refractivity contribution in [1.82, 2.24) is 0 Å². The molecule has 1 aliphatic heterocycles. The SMILES string of the molecule is O=C(Oc1c(F)c(F)c(F)c(F)c1F)c1cccc(N2C(=O)C=CC2=O)c1. The average Bonchev–Trinajstić information content (AvgIpc) is 3.00. The number of anilines is 1. The van der Waals surface area contributed by atoms with Crippen LogP contribution < -0.4 is 9.64 Å². The Morgan fingerprint density at radius 2 is 1.33 bits per heavy atom. The maximum Gasteiger partial charge on any atom is 0.343 e. The molecule has 0 fully saturated rings. The first-order valence-corrected chi connectivity index (χ1v) is 7.12. The first-order chi connectivity index (χ1) is 12.7. The van der Waals surface area contributed by atoms with Crippen molar-refractivity contribution >= 4 is 23.5 Å². The van der Waals surface area contributed by atoms with Crippen molar-refractivity contribution in [3.05, 3.63) is 71.1 Å². The molecule has 1 aliphatic rings. The number of benzene rings is 2. The van der Waals surface area contributed by atoms with Crippen molar-refractivity contribution < 1.29 is 41.1 Å². The van der Waals surface area contributed by atoms with Crippen LogP contribution in [0.4, 0.5) is 27.6 Å². The lowest BCUT2D eigenvalue weighted by Gasteiger charge is -2.14. The number of hydrogen-bond donors (Lipinski definition) is 0. The van der Waals surface area contributed by atoms with Crippen LogP contribution in [0.2, 0.25) is 0 Å². The van der Waals surface area contributed by atoms with E-state index in [-0.39, 0.29) is 5.69 Å². The lowest BCUT2D eigenvalue weighted by molar-refractivity contribution is -0.119. The van der Waals surface area contributed by atoms with Gasteiger partial charge in [0.1, 0.15) is 0 Å². The molecule has 0 saturated heterocycles. The van der Waals surface area contributed by atoms with E-state index in [4.69, 9.17) is 0 Å². The maximum absolute atomic E-state index is 13.6. The normalized spacial score (nSPS) is 13.4. The summed E-state index contributed by atoms with van der Waals surface area (Å²) in [5.41, 5.74) is -0.453. The summed E-state index contributed by atoms with van der Waals surface area (Å²) in [5.74, 6) is -16.2. The number of ether oxygens (including phenoxy) is 1. The molecule has 0 aromatic heterocycles.